The van der Waals surface area contributed by atoms with Crippen molar-refractivity contribution in [2.24, 2.45) is 0 Å². The Morgan fingerprint density at radius 1 is 1.56 bits per heavy atom. The van der Waals surface area contributed by atoms with Crippen LogP contribution in [-0.4, -0.2) is 46.5 Å². The highest BCUT2D eigenvalue weighted by atomic mass is 16.1. The summed E-state index contributed by atoms with van der Waals surface area (Å²) >= 11 is 0. The molecule has 2 heterocycles. The summed E-state index contributed by atoms with van der Waals surface area (Å²) in [5, 5.41) is 2.99. The average molecular weight is 249 g/mol. The number of hydrogen-bond donors (Lipinski definition) is 2. The van der Waals surface area contributed by atoms with Gasteiger partial charge >= 0.3 is 0 Å². The largest absolute Gasteiger partial charge is 0.382 e. The summed E-state index contributed by atoms with van der Waals surface area (Å²) in [6, 6.07) is 0.683. The molecule has 0 radical (unpaired) electrons. The Bertz CT molecular complexity index is 436. The van der Waals surface area contributed by atoms with Gasteiger partial charge in [-0.1, -0.05) is 0 Å². The predicted octanol–water partition coefficient (Wildman–Crippen LogP) is 0.271. The van der Waals surface area contributed by atoms with E-state index in [1.807, 2.05) is 0 Å². The van der Waals surface area contributed by atoms with Gasteiger partial charge in [-0.15, -0.1) is 0 Å². The third-order valence-corrected chi connectivity index (χ3v) is 3.43. The summed E-state index contributed by atoms with van der Waals surface area (Å²) in [6.07, 6.45) is 4.78. The number of carbonyl (C=O) groups excluding carboxylic acids is 1. The fourth-order valence-corrected chi connectivity index (χ4v) is 2.17. The molecule has 0 aliphatic carbocycles. The third-order valence-electron chi connectivity index (χ3n) is 3.43. The van der Waals surface area contributed by atoms with E-state index in [0.717, 1.165) is 19.4 Å². The van der Waals surface area contributed by atoms with E-state index in [2.05, 4.69) is 34.2 Å². The van der Waals surface area contributed by atoms with Crippen molar-refractivity contribution in [3.63, 3.8) is 0 Å². The number of rotatable bonds is 2. The minimum Gasteiger partial charge on any atom is -0.382 e. The fraction of sp³-hybridized carbons (Fsp3) is 0.583. The normalized spacial score (nSPS) is 24.8. The molecule has 2 rings (SSSR count). The van der Waals surface area contributed by atoms with Crippen molar-refractivity contribution in [2.45, 2.75) is 31.8 Å². The number of nitrogens with zero attached hydrogens (tertiary/aromatic N) is 3. The topological polar surface area (TPSA) is 84.1 Å². The van der Waals surface area contributed by atoms with E-state index in [4.69, 9.17) is 5.73 Å². The minimum absolute atomic E-state index is 0.198. The van der Waals surface area contributed by atoms with E-state index in [-0.39, 0.29) is 23.5 Å². The van der Waals surface area contributed by atoms with Gasteiger partial charge in [0.15, 0.2) is 0 Å². The van der Waals surface area contributed by atoms with E-state index in [9.17, 15) is 4.79 Å². The second kappa shape index (κ2) is 5.30. The number of nitrogen functional groups attached to an aromatic ring is 1. The molecule has 1 aromatic heterocycles. The molecule has 0 saturated carbocycles. The average Bonchev–Trinajstić information content (AvgIpc) is 2.34. The smallest absolute Gasteiger partial charge is 0.271 e. The molecule has 2 unspecified atom stereocenters. The first-order valence-corrected chi connectivity index (χ1v) is 6.15. The van der Waals surface area contributed by atoms with Gasteiger partial charge in [0.25, 0.3) is 5.91 Å². The highest BCUT2D eigenvalue weighted by Gasteiger charge is 2.24. The molecule has 1 aromatic rings. The van der Waals surface area contributed by atoms with Crippen LogP contribution in [0.15, 0.2) is 12.4 Å². The molecule has 1 aliphatic rings. The molecule has 1 aliphatic heterocycles. The lowest BCUT2D eigenvalue weighted by molar-refractivity contribution is 0.0891. The first-order chi connectivity index (χ1) is 8.56. The molecule has 1 fully saturated rings. The summed E-state index contributed by atoms with van der Waals surface area (Å²) in [4.78, 5) is 22.1. The maximum Gasteiger partial charge on any atom is 0.271 e. The highest BCUT2D eigenvalue weighted by Crippen LogP contribution is 2.15. The molecule has 0 aromatic carbocycles. The van der Waals surface area contributed by atoms with E-state index < -0.39 is 0 Å². The molecule has 1 amide bonds. The Labute approximate surface area is 107 Å². The van der Waals surface area contributed by atoms with Gasteiger partial charge in [-0.3, -0.25) is 9.78 Å². The minimum atomic E-state index is -0.198. The van der Waals surface area contributed by atoms with Crippen molar-refractivity contribution >= 4 is 11.7 Å². The van der Waals surface area contributed by atoms with Crippen molar-refractivity contribution < 1.29 is 4.79 Å². The molecule has 1 saturated heterocycles. The quantitative estimate of drug-likeness (QED) is 0.786. The molecule has 18 heavy (non-hydrogen) atoms. The van der Waals surface area contributed by atoms with Gasteiger partial charge in [-0.2, -0.15) is 0 Å². The van der Waals surface area contributed by atoms with E-state index in [1.54, 1.807) is 0 Å². The van der Waals surface area contributed by atoms with Gasteiger partial charge in [0.05, 0.1) is 12.4 Å². The number of hydrogen-bond acceptors (Lipinski definition) is 5. The van der Waals surface area contributed by atoms with Crippen LogP contribution in [0.3, 0.4) is 0 Å². The van der Waals surface area contributed by atoms with Crippen LogP contribution in [0, 0.1) is 0 Å². The standard InChI is InChI=1S/C12H19N5O/c1-8-5-9(3-4-17(8)2)15-12(18)10-6-14-7-11(13)16-10/h6-9H,3-5H2,1-2H3,(H2,13,16)(H,15,18). The third kappa shape index (κ3) is 2.95. The van der Waals surface area contributed by atoms with Crippen molar-refractivity contribution in [2.75, 3.05) is 19.3 Å². The van der Waals surface area contributed by atoms with Crippen LogP contribution in [0.1, 0.15) is 30.3 Å². The van der Waals surface area contributed by atoms with Crippen molar-refractivity contribution in [3.05, 3.63) is 18.1 Å². The number of aromatic nitrogens is 2. The molecule has 6 heteroatoms. The summed E-state index contributed by atoms with van der Waals surface area (Å²) in [5.41, 5.74) is 5.79. The number of piperidine rings is 1. The monoisotopic (exact) mass is 249 g/mol. The van der Waals surface area contributed by atoms with Crippen molar-refractivity contribution in [1.29, 1.82) is 0 Å². The van der Waals surface area contributed by atoms with E-state index in [1.165, 1.54) is 12.4 Å². The number of amides is 1. The molecule has 3 N–H and O–H groups in total. The Balaban J connectivity index is 1.96. The van der Waals surface area contributed by atoms with Gasteiger partial charge in [0.1, 0.15) is 11.5 Å². The summed E-state index contributed by atoms with van der Waals surface area (Å²) < 4.78 is 0. The van der Waals surface area contributed by atoms with Gasteiger partial charge in [-0.25, -0.2) is 4.98 Å². The lowest BCUT2D eigenvalue weighted by Crippen LogP contribution is -2.47. The van der Waals surface area contributed by atoms with E-state index in [0.29, 0.717) is 6.04 Å². The summed E-state index contributed by atoms with van der Waals surface area (Å²) in [7, 11) is 2.10. The molecule has 0 spiro atoms. The molecule has 6 nitrogen and oxygen atoms in total. The van der Waals surface area contributed by atoms with Gasteiger partial charge < -0.3 is 16.0 Å². The molecule has 98 valence electrons. The maximum absolute atomic E-state index is 12.0. The van der Waals surface area contributed by atoms with E-state index >= 15 is 0 Å². The summed E-state index contributed by atoms with van der Waals surface area (Å²) in [5.74, 6) is 0.0657. The number of anilines is 1. The van der Waals surface area contributed by atoms with Crippen LogP contribution in [-0.2, 0) is 0 Å². The molecule has 2 atom stereocenters. The van der Waals surface area contributed by atoms with Gasteiger partial charge in [0, 0.05) is 18.6 Å². The van der Waals surface area contributed by atoms with Crippen LogP contribution in [0.4, 0.5) is 5.82 Å². The zero-order chi connectivity index (χ0) is 13.1. The highest BCUT2D eigenvalue weighted by molar-refractivity contribution is 5.92. The predicted molar refractivity (Wildman–Crippen MR) is 69.0 cm³/mol. The molecule has 0 bridgehead atoms. The zero-order valence-electron chi connectivity index (χ0n) is 10.8. The first kappa shape index (κ1) is 12.8. The number of nitrogens with one attached hydrogen (secondary N) is 1. The lowest BCUT2D eigenvalue weighted by Gasteiger charge is -2.35. The number of likely N-dealkylation sites (tertiary alicyclic amines) is 1. The SMILES string of the molecule is CC1CC(NC(=O)c2cncc(N)n2)CCN1C. The molecular formula is C12H19N5O. The fourth-order valence-electron chi connectivity index (χ4n) is 2.17. The Kier molecular flexibility index (Phi) is 3.76. The lowest BCUT2D eigenvalue weighted by atomic mass is 9.99. The maximum atomic E-state index is 12.0. The van der Waals surface area contributed by atoms with Gasteiger partial charge in [-0.05, 0) is 26.8 Å². The summed E-state index contributed by atoms with van der Waals surface area (Å²) in [6.45, 7) is 3.16. The Morgan fingerprint density at radius 2 is 2.33 bits per heavy atom. The van der Waals surface area contributed by atoms with Crippen LogP contribution in [0.5, 0.6) is 0 Å². The second-order valence-corrected chi connectivity index (χ2v) is 4.85. The first-order valence-electron chi connectivity index (χ1n) is 6.15. The second-order valence-electron chi connectivity index (χ2n) is 4.85. The Hall–Kier alpha value is -1.69. The number of carbonyl (C=O) groups is 1. The Morgan fingerprint density at radius 3 is 3.00 bits per heavy atom. The molecular weight excluding hydrogens is 230 g/mol. The van der Waals surface area contributed by atoms with Crippen molar-refractivity contribution in [1.82, 2.24) is 20.2 Å². The zero-order valence-corrected chi connectivity index (χ0v) is 10.8. The van der Waals surface area contributed by atoms with Crippen LogP contribution >= 0.6 is 0 Å². The van der Waals surface area contributed by atoms with Crippen LogP contribution in [0.25, 0.3) is 0 Å². The number of nitrogens with two attached hydrogens (primary N) is 1. The van der Waals surface area contributed by atoms with Crippen LogP contribution < -0.4 is 11.1 Å². The van der Waals surface area contributed by atoms with Crippen LogP contribution in [0.2, 0.25) is 0 Å². The van der Waals surface area contributed by atoms with Crippen molar-refractivity contribution in [3.8, 4) is 0 Å². The van der Waals surface area contributed by atoms with Gasteiger partial charge in [0.2, 0.25) is 0 Å².